The number of benzene rings is 1. The van der Waals surface area contributed by atoms with Crippen LogP contribution in [-0.2, 0) is 4.79 Å². The Morgan fingerprint density at radius 3 is 2.39 bits per heavy atom. The lowest BCUT2D eigenvalue weighted by Crippen LogP contribution is -2.55. The Kier molecular flexibility index (Phi) is 3.65. The van der Waals surface area contributed by atoms with Crippen LogP contribution >= 0.6 is 0 Å². The van der Waals surface area contributed by atoms with Gasteiger partial charge in [-0.05, 0) is 19.1 Å². The molecule has 4 heteroatoms. The summed E-state index contributed by atoms with van der Waals surface area (Å²) in [5.74, 6) is 0.125. The van der Waals surface area contributed by atoms with Crippen LogP contribution in [0.25, 0.3) is 0 Å². The molecule has 1 aliphatic rings. The summed E-state index contributed by atoms with van der Waals surface area (Å²) in [5.41, 5.74) is 0.709. The monoisotopic (exact) mass is 246 g/mol. The summed E-state index contributed by atoms with van der Waals surface area (Å²) in [6.45, 7) is 5.40. The molecule has 4 nitrogen and oxygen atoms in total. The van der Waals surface area contributed by atoms with Crippen molar-refractivity contribution in [3.63, 3.8) is 0 Å². The third-order valence-electron chi connectivity index (χ3n) is 3.35. The molecule has 1 aromatic rings. The van der Waals surface area contributed by atoms with E-state index in [0.717, 1.165) is 0 Å². The van der Waals surface area contributed by atoms with Gasteiger partial charge in [0.2, 0.25) is 5.91 Å². The number of carbonyl (C=O) groups is 2. The molecule has 0 aromatic heterocycles. The summed E-state index contributed by atoms with van der Waals surface area (Å²) in [7, 11) is 0. The molecular weight excluding hydrogens is 228 g/mol. The van der Waals surface area contributed by atoms with Gasteiger partial charge >= 0.3 is 0 Å². The Hall–Kier alpha value is -1.84. The number of rotatable bonds is 1. The molecule has 0 N–H and O–H groups in total. The summed E-state index contributed by atoms with van der Waals surface area (Å²) in [4.78, 5) is 27.3. The Bertz CT molecular complexity index is 444. The summed E-state index contributed by atoms with van der Waals surface area (Å²) in [5, 5.41) is 0. The van der Waals surface area contributed by atoms with Gasteiger partial charge in [0.15, 0.2) is 0 Å². The number of amides is 2. The smallest absolute Gasteiger partial charge is 0.254 e. The van der Waals surface area contributed by atoms with Crippen LogP contribution in [0.4, 0.5) is 0 Å². The van der Waals surface area contributed by atoms with E-state index in [-0.39, 0.29) is 17.9 Å². The summed E-state index contributed by atoms with van der Waals surface area (Å²) in [6.07, 6.45) is 0. The van der Waals surface area contributed by atoms with Crippen LogP contribution < -0.4 is 0 Å². The van der Waals surface area contributed by atoms with Crippen molar-refractivity contribution in [3.8, 4) is 0 Å². The van der Waals surface area contributed by atoms with Crippen LogP contribution in [0.5, 0.6) is 0 Å². The zero-order valence-corrected chi connectivity index (χ0v) is 10.8. The van der Waals surface area contributed by atoms with E-state index in [2.05, 4.69) is 0 Å². The zero-order chi connectivity index (χ0) is 13.1. The van der Waals surface area contributed by atoms with E-state index in [1.807, 2.05) is 42.2 Å². The van der Waals surface area contributed by atoms with Crippen molar-refractivity contribution in [2.75, 3.05) is 19.6 Å². The lowest BCUT2D eigenvalue weighted by molar-refractivity contribution is -0.131. The minimum Gasteiger partial charge on any atom is -0.339 e. The van der Waals surface area contributed by atoms with Crippen molar-refractivity contribution in [1.82, 2.24) is 9.80 Å². The first-order valence-corrected chi connectivity index (χ1v) is 6.21. The fourth-order valence-electron chi connectivity index (χ4n) is 2.29. The van der Waals surface area contributed by atoms with E-state index >= 15 is 0 Å². The minimum atomic E-state index is 0.0475. The average Bonchev–Trinajstić information content (AvgIpc) is 2.38. The van der Waals surface area contributed by atoms with Gasteiger partial charge in [0.05, 0.1) is 0 Å². The molecule has 2 rings (SSSR count). The molecule has 96 valence electrons. The maximum atomic E-state index is 12.3. The van der Waals surface area contributed by atoms with Crippen LogP contribution in [0.1, 0.15) is 24.2 Å². The van der Waals surface area contributed by atoms with Gasteiger partial charge in [-0.1, -0.05) is 18.2 Å². The quantitative estimate of drug-likeness (QED) is 0.751. The van der Waals surface area contributed by atoms with Crippen LogP contribution in [0.2, 0.25) is 0 Å². The maximum Gasteiger partial charge on any atom is 0.254 e. The number of hydrogen-bond acceptors (Lipinski definition) is 2. The number of carbonyl (C=O) groups excluding carboxylic acids is 2. The van der Waals surface area contributed by atoms with Crippen LogP contribution in [0.3, 0.4) is 0 Å². The maximum absolute atomic E-state index is 12.3. The van der Waals surface area contributed by atoms with Gasteiger partial charge in [-0.25, -0.2) is 0 Å². The van der Waals surface area contributed by atoms with E-state index in [0.29, 0.717) is 25.2 Å². The highest BCUT2D eigenvalue weighted by Gasteiger charge is 2.28. The molecule has 1 aliphatic heterocycles. The third kappa shape index (κ3) is 2.53. The van der Waals surface area contributed by atoms with E-state index in [1.54, 1.807) is 11.8 Å². The molecule has 1 saturated heterocycles. The van der Waals surface area contributed by atoms with E-state index in [9.17, 15) is 9.59 Å². The molecule has 0 spiro atoms. The molecule has 2 amide bonds. The molecule has 1 unspecified atom stereocenters. The lowest BCUT2D eigenvalue weighted by Gasteiger charge is -2.39. The number of hydrogen-bond donors (Lipinski definition) is 0. The topological polar surface area (TPSA) is 40.6 Å². The predicted molar refractivity (Wildman–Crippen MR) is 69.2 cm³/mol. The second-order valence-corrected chi connectivity index (χ2v) is 4.68. The SMILES string of the molecule is CC(=O)N1CCN(C(=O)c2ccccc2)C(C)C1. The molecule has 1 heterocycles. The second-order valence-electron chi connectivity index (χ2n) is 4.68. The van der Waals surface area contributed by atoms with Gasteiger partial charge in [-0.3, -0.25) is 9.59 Å². The fraction of sp³-hybridized carbons (Fsp3) is 0.429. The van der Waals surface area contributed by atoms with Crippen molar-refractivity contribution < 1.29 is 9.59 Å². The standard InChI is InChI=1S/C14H18N2O2/c1-11-10-15(12(2)17)8-9-16(11)14(18)13-6-4-3-5-7-13/h3-7,11H,8-10H2,1-2H3. The van der Waals surface area contributed by atoms with E-state index < -0.39 is 0 Å². The Labute approximate surface area is 107 Å². The summed E-state index contributed by atoms with van der Waals surface area (Å²) >= 11 is 0. The molecule has 0 aliphatic carbocycles. The first-order chi connectivity index (χ1) is 8.59. The molecule has 0 saturated carbocycles. The predicted octanol–water partition coefficient (Wildman–Crippen LogP) is 1.38. The van der Waals surface area contributed by atoms with E-state index in [4.69, 9.17) is 0 Å². The molecular formula is C14H18N2O2. The average molecular weight is 246 g/mol. The lowest BCUT2D eigenvalue weighted by atomic mass is 10.1. The Morgan fingerprint density at radius 2 is 1.83 bits per heavy atom. The first-order valence-electron chi connectivity index (χ1n) is 6.21. The van der Waals surface area contributed by atoms with Crippen molar-refractivity contribution in [2.24, 2.45) is 0 Å². The highest BCUT2D eigenvalue weighted by molar-refractivity contribution is 5.94. The Balaban J connectivity index is 2.07. The van der Waals surface area contributed by atoms with Crippen molar-refractivity contribution in [3.05, 3.63) is 35.9 Å². The van der Waals surface area contributed by atoms with Gasteiger partial charge in [0.25, 0.3) is 5.91 Å². The van der Waals surface area contributed by atoms with Crippen LogP contribution in [-0.4, -0.2) is 47.3 Å². The van der Waals surface area contributed by atoms with Gasteiger partial charge in [0.1, 0.15) is 0 Å². The van der Waals surface area contributed by atoms with Crippen LogP contribution in [0, 0.1) is 0 Å². The molecule has 1 atom stereocenters. The molecule has 0 radical (unpaired) electrons. The van der Waals surface area contributed by atoms with Crippen molar-refractivity contribution >= 4 is 11.8 Å². The van der Waals surface area contributed by atoms with Gasteiger partial charge in [0, 0.05) is 38.2 Å². The summed E-state index contributed by atoms with van der Waals surface area (Å²) < 4.78 is 0. The molecule has 1 aromatic carbocycles. The fourth-order valence-corrected chi connectivity index (χ4v) is 2.29. The van der Waals surface area contributed by atoms with E-state index in [1.165, 1.54) is 0 Å². The second kappa shape index (κ2) is 5.21. The first kappa shape index (κ1) is 12.6. The highest BCUT2D eigenvalue weighted by Crippen LogP contribution is 2.14. The van der Waals surface area contributed by atoms with Crippen LogP contribution in [0.15, 0.2) is 30.3 Å². The third-order valence-corrected chi connectivity index (χ3v) is 3.35. The van der Waals surface area contributed by atoms with Gasteiger partial charge in [-0.15, -0.1) is 0 Å². The van der Waals surface area contributed by atoms with Crippen molar-refractivity contribution in [2.45, 2.75) is 19.9 Å². The minimum absolute atomic E-state index is 0.0475. The molecule has 18 heavy (non-hydrogen) atoms. The number of nitrogens with zero attached hydrogens (tertiary/aromatic N) is 2. The Morgan fingerprint density at radius 1 is 1.17 bits per heavy atom. The van der Waals surface area contributed by atoms with Crippen molar-refractivity contribution in [1.29, 1.82) is 0 Å². The van der Waals surface area contributed by atoms with Gasteiger partial charge < -0.3 is 9.80 Å². The van der Waals surface area contributed by atoms with Gasteiger partial charge in [-0.2, -0.15) is 0 Å². The zero-order valence-electron chi connectivity index (χ0n) is 10.8. The number of piperazine rings is 1. The normalized spacial score (nSPS) is 19.8. The molecule has 1 fully saturated rings. The largest absolute Gasteiger partial charge is 0.339 e. The molecule has 0 bridgehead atoms. The summed E-state index contributed by atoms with van der Waals surface area (Å²) in [6, 6.07) is 9.34. The highest BCUT2D eigenvalue weighted by atomic mass is 16.2.